The molecule has 2 aromatic rings. The fourth-order valence-corrected chi connectivity index (χ4v) is 3.22. The molecule has 0 aromatic heterocycles. The summed E-state index contributed by atoms with van der Waals surface area (Å²) in [4.78, 5) is 2.33. The molecular weight excluding hydrogens is 284 g/mol. The van der Waals surface area contributed by atoms with E-state index in [9.17, 15) is 5.26 Å². The second-order valence-corrected chi connectivity index (χ2v) is 6.06. The van der Waals surface area contributed by atoms with E-state index in [4.69, 9.17) is 4.74 Å². The Kier molecular flexibility index (Phi) is 4.95. The average Bonchev–Trinajstić information content (AvgIpc) is 2.97. The second kappa shape index (κ2) is 7.30. The summed E-state index contributed by atoms with van der Waals surface area (Å²) in [6.45, 7) is 5.42. The van der Waals surface area contributed by atoms with Crippen molar-refractivity contribution in [2.24, 2.45) is 0 Å². The van der Waals surface area contributed by atoms with E-state index in [0.29, 0.717) is 6.61 Å². The number of fused-ring (bicyclic) bond motifs is 1. The molecule has 3 nitrogen and oxygen atoms in total. The molecule has 3 rings (SSSR count). The van der Waals surface area contributed by atoms with Gasteiger partial charge in [-0.25, -0.2) is 0 Å². The molecule has 3 heteroatoms. The second-order valence-electron chi connectivity index (χ2n) is 6.06. The van der Waals surface area contributed by atoms with Crippen LogP contribution >= 0.6 is 0 Å². The first kappa shape index (κ1) is 15.6. The molecule has 0 unspecified atom stereocenters. The maximum Gasteiger partial charge on any atom is 0.101 e. The van der Waals surface area contributed by atoms with Crippen LogP contribution in [0.1, 0.15) is 28.7 Å². The zero-order chi connectivity index (χ0) is 16.1. The van der Waals surface area contributed by atoms with Crippen molar-refractivity contribution in [3.8, 4) is 6.07 Å². The Morgan fingerprint density at radius 1 is 1.22 bits per heavy atom. The maximum absolute atomic E-state index is 9.38. The predicted octanol–water partition coefficient (Wildman–Crippen LogP) is 3.84. The summed E-state index contributed by atoms with van der Waals surface area (Å²) in [7, 11) is 0. The summed E-state index contributed by atoms with van der Waals surface area (Å²) in [5.74, 6) is 0. The van der Waals surface area contributed by atoms with E-state index in [1.165, 1.54) is 16.7 Å². The molecule has 0 amide bonds. The molecule has 0 fully saturated rings. The monoisotopic (exact) mass is 306 g/mol. The molecule has 1 aliphatic heterocycles. The van der Waals surface area contributed by atoms with Gasteiger partial charge in [-0.05, 0) is 42.5 Å². The minimum absolute atomic E-state index is 0.667. The molecule has 23 heavy (non-hydrogen) atoms. The lowest BCUT2D eigenvalue weighted by Crippen LogP contribution is -2.23. The Balaban J connectivity index is 1.51. The largest absolute Gasteiger partial charge is 0.377 e. The van der Waals surface area contributed by atoms with Gasteiger partial charge >= 0.3 is 0 Å². The lowest BCUT2D eigenvalue weighted by molar-refractivity contribution is 0.119. The number of hydrogen-bond donors (Lipinski definition) is 0. The van der Waals surface area contributed by atoms with E-state index in [-0.39, 0.29) is 0 Å². The number of anilines is 1. The topological polar surface area (TPSA) is 36.3 Å². The lowest BCUT2D eigenvalue weighted by Gasteiger charge is -2.20. The maximum atomic E-state index is 9.38. The van der Waals surface area contributed by atoms with Crippen LogP contribution in [0.25, 0.3) is 0 Å². The zero-order valence-corrected chi connectivity index (χ0v) is 13.6. The van der Waals surface area contributed by atoms with Gasteiger partial charge in [0.05, 0.1) is 17.9 Å². The van der Waals surface area contributed by atoms with Gasteiger partial charge in [0.15, 0.2) is 0 Å². The Morgan fingerprint density at radius 3 is 2.83 bits per heavy atom. The minimum Gasteiger partial charge on any atom is -0.377 e. The summed E-state index contributed by atoms with van der Waals surface area (Å²) >= 11 is 0. The minimum atomic E-state index is 0.667. The van der Waals surface area contributed by atoms with Crippen LogP contribution in [0.4, 0.5) is 5.69 Å². The Morgan fingerprint density at radius 2 is 2.04 bits per heavy atom. The Labute approximate surface area is 138 Å². The van der Waals surface area contributed by atoms with E-state index in [1.807, 2.05) is 24.3 Å². The van der Waals surface area contributed by atoms with Gasteiger partial charge in [0.25, 0.3) is 0 Å². The molecule has 0 saturated carbocycles. The summed E-state index contributed by atoms with van der Waals surface area (Å²) in [5.41, 5.74) is 5.64. The van der Waals surface area contributed by atoms with Gasteiger partial charge in [-0.2, -0.15) is 5.26 Å². The van der Waals surface area contributed by atoms with Crippen molar-refractivity contribution in [2.75, 3.05) is 24.6 Å². The van der Waals surface area contributed by atoms with Crippen LogP contribution in [0, 0.1) is 18.3 Å². The van der Waals surface area contributed by atoms with Crippen molar-refractivity contribution >= 4 is 5.69 Å². The van der Waals surface area contributed by atoms with Crippen molar-refractivity contribution < 1.29 is 4.74 Å². The SMILES string of the molecule is Cc1cc(C#N)c2c(c1)CCN2CCCOCc1ccccc1. The third-order valence-electron chi connectivity index (χ3n) is 4.25. The molecule has 118 valence electrons. The van der Waals surface area contributed by atoms with Crippen molar-refractivity contribution in [1.29, 1.82) is 5.26 Å². The number of rotatable bonds is 6. The third kappa shape index (κ3) is 3.72. The van der Waals surface area contributed by atoms with Crippen LogP contribution in [0.3, 0.4) is 0 Å². The van der Waals surface area contributed by atoms with Crippen molar-refractivity contribution in [2.45, 2.75) is 26.4 Å². The molecule has 0 spiro atoms. The quantitative estimate of drug-likeness (QED) is 0.761. The summed E-state index contributed by atoms with van der Waals surface area (Å²) < 4.78 is 5.75. The molecule has 0 saturated heterocycles. The summed E-state index contributed by atoms with van der Waals surface area (Å²) in [6.07, 6.45) is 2.02. The van der Waals surface area contributed by atoms with Gasteiger partial charge in [-0.15, -0.1) is 0 Å². The van der Waals surface area contributed by atoms with Gasteiger partial charge < -0.3 is 9.64 Å². The Bertz CT molecular complexity index is 704. The number of ether oxygens (including phenoxy) is 1. The highest BCUT2D eigenvalue weighted by atomic mass is 16.5. The summed E-state index contributed by atoms with van der Waals surface area (Å²) in [6, 6.07) is 16.8. The summed E-state index contributed by atoms with van der Waals surface area (Å²) in [5, 5.41) is 9.38. The van der Waals surface area contributed by atoms with E-state index in [2.05, 4.69) is 36.1 Å². The van der Waals surface area contributed by atoms with Crippen molar-refractivity contribution in [3.05, 3.63) is 64.7 Å². The average molecular weight is 306 g/mol. The number of hydrogen-bond acceptors (Lipinski definition) is 3. The normalized spacial score (nSPS) is 13.0. The van der Waals surface area contributed by atoms with Crippen LogP contribution in [0.2, 0.25) is 0 Å². The van der Waals surface area contributed by atoms with Gasteiger partial charge in [0, 0.05) is 19.7 Å². The van der Waals surface area contributed by atoms with Crippen LogP contribution in [-0.4, -0.2) is 19.7 Å². The number of benzene rings is 2. The highest BCUT2D eigenvalue weighted by molar-refractivity contribution is 5.68. The van der Waals surface area contributed by atoms with Gasteiger partial charge in [0.1, 0.15) is 6.07 Å². The van der Waals surface area contributed by atoms with E-state index >= 15 is 0 Å². The number of nitriles is 1. The first-order chi connectivity index (χ1) is 11.3. The third-order valence-corrected chi connectivity index (χ3v) is 4.25. The lowest BCUT2D eigenvalue weighted by atomic mass is 10.0. The smallest absolute Gasteiger partial charge is 0.101 e. The van der Waals surface area contributed by atoms with E-state index in [1.54, 1.807) is 0 Å². The molecule has 0 bridgehead atoms. The molecule has 0 atom stereocenters. The molecule has 1 heterocycles. The fraction of sp³-hybridized carbons (Fsp3) is 0.350. The van der Waals surface area contributed by atoms with Gasteiger partial charge in [-0.3, -0.25) is 0 Å². The molecule has 1 aliphatic rings. The molecule has 2 aromatic carbocycles. The van der Waals surface area contributed by atoms with E-state index < -0.39 is 0 Å². The Hall–Kier alpha value is -2.31. The van der Waals surface area contributed by atoms with Crippen molar-refractivity contribution in [1.82, 2.24) is 0 Å². The first-order valence-electron chi connectivity index (χ1n) is 8.18. The van der Waals surface area contributed by atoms with Crippen LogP contribution in [0.15, 0.2) is 42.5 Å². The number of aryl methyl sites for hydroxylation is 1. The highest BCUT2D eigenvalue weighted by Gasteiger charge is 2.22. The molecule has 0 N–H and O–H groups in total. The molecule has 0 aliphatic carbocycles. The van der Waals surface area contributed by atoms with Gasteiger partial charge in [-0.1, -0.05) is 36.4 Å². The fourth-order valence-electron chi connectivity index (χ4n) is 3.22. The highest BCUT2D eigenvalue weighted by Crippen LogP contribution is 2.32. The molecule has 0 radical (unpaired) electrons. The first-order valence-corrected chi connectivity index (χ1v) is 8.18. The van der Waals surface area contributed by atoms with Crippen LogP contribution < -0.4 is 4.90 Å². The van der Waals surface area contributed by atoms with Gasteiger partial charge in [0.2, 0.25) is 0 Å². The van der Waals surface area contributed by atoms with Crippen molar-refractivity contribution in [3.63, 3.8) is 0 Å². The predicted molar refractivity (Wildman–Crippen MR) is 92.5 cm³/mol. The molecular formula is C20H22N2O. The zero-order valence-electron chi connectivity index (χ0n) is 13.6. The number of nitrogens with zero attached hydrogens (tertiary/aromatic N) is 2. The van der Waals surface area contributed by atoms with Crippen LogP contribution in [-0.2, 0) is 17.8 Å². The van der Waals surface area contributed by atoms with Crippen LogP contribution in [0.5, 0.6) is 0 Å². The standard InChI is InChI=1S/C20H22N2O/c1-16-12-18-8-10-22(20(18)19(13-16)14-21)9-5-11-23-15-17-6-3-2-4-7-17/h2-4,6-7,12-13H,5,8-11,15H2,1H3. The van der Waals surface area contributed by atoms with E-state index in [0.717, 1.165) is 43.8 Å².